The van der Waals surface area contributed by atoms with Gasteiger partial charge in [0.1, 0.15) is 5.82 Å². The molecule has 128 valence electrons. The maximum absolute atomic E-state index is 13.5. The minimum absolute atomic E-state index is 0.240. The van der Waals surface area contributed by atoms with E-state index in [1.54, 1.807) is 17.8 Å². The Bertz CT molecular complexity index is 698. The van der Waals surface area contributed by atoms with Gasteiger partial charge in [-0.15, -0.1) is 10.2 Å². The van der Waals surface area contributed by atoms with Crippen LogP contribution in [-0.4, -0.2) is 56.6 Å². The van der Waals surface area contributed by atoms with E-state index in [1.807, 2.05) is 6.07 Å². The zero-order chi connectivity index (χ0) is 16.4. The van der Waals surface area contributed by atoms with Gasteiger partial charge in [0.25, 0.3) is 0 Å². The lowest BCUT2D eigenvalue weighted by atomic mass is 10.1. The Morgan fingerprint density at radius 3 is 2.71 bits per heavy atom. The molecule has 4 rings (SSSR count). The Labute approximate surface area is 145 Å². The van der Waals surface area contributed by atoms with Crippen LogP contribution >= 0.6 is 11.8 Å². The van der Waals surface area contributed by atoms with Gasteiger partial charge in [-0.25, -0.2) is 4.39 Å². The largest absolute Gasteiger partial charge is 0.302 e. The molecule has 0 saturated carbocycles. The highest BCUT2D eigenvalue weighted by atomic mass is 32.2. The lowest BCUT2D eigenvalue weighted by Gasteiger charge is -2.32. The summed E-state index contributed by atoms with van der Waals surface area (Å²) >= 11 is 1.71. The van der Waals surface area contributed by atoms with E-state index >= 15 is 0 Å². The van der Waals surface area contributed by atoms with Crippen LogP contribution in [-0.2, 0) is 6.67 Å². The Kier molecular flexibility index (Phi) is 4.82. The summed E-state index contributed by atoms with van der Waals surface area (Å²) in [6.45, 7) is 5.40. The highest BCUT2D eigenvalue weighted by Gasteiger charge is 2.23. The average Bonchev–Trinajstić information content (AvgIpc) is 3.04. The van der Waals surface area contributed by atoms with E-state index in [0.717, 1.165) is 42.2 Å². The fraction of sp³-hybridized carbons (Fsp3) is 0.529. The van der Waals surface area contributed by atoms with Crippen molar-refractivity contribution in [3.63, 3.8) is 0 Å². The van der Waals surface area contributed by atoms with Gasteiger partial charge in [0.2, 0.25) is 0 Å². The number of aromatic nitrogens is 3. The van der Waals surface area contributed by atoms with Crippen molar-refractivity contribution in [2.45, 2.75) is 31.1 Å². The molecule has 0 radical (unpaired) electrons. The van der Waals surface area contributed by atoms with E-state index in [0.29, 0.717) is 0 Å². The maximum Gasteiger partial charge on any atom is 0.193 e. The third-order valence-electron chi connectivity index (χ3n) is 4.70. The summed E-state index contributed by atoms with van der Waals surface area (Å²) in [5.41, 5.74) is 0.784. The number of thioether (sulfide) groups is 1. The molecule has 0 aliphatic carbocycles. The van der Waals surface area contributed by atoms with Crippen LogP contribution in [0.2, 0.25) is 0 Å². The highest BCUT2D eigenvalue weighted by Crippen LogP contribution is 2.29. The molecule has 0 N–H and O–H groups in total. The van der Waals surface area contributed by atoms with Crippen molar-refractivity contribution in [3.05, 3.63) is 30.1 Å². The minimum atomic E-state index is -0.240. The highest BCUT2D eigenvalue weighted by molar-refractivity contribution is 7.99. The minimum Gasteiger partial charge on any atom is -0.302 e. The van der Waals surface area contributed by atoms with Gasteiger partial charge in [0.05, 0.1) is 12.5 Å². The first kappa shape index (κ1) is 16.1. The molecular formula is C17H22FN5S. The van der Waals surface area contributed by atoms with Crippen LogP contribution in [0.1, 0.15) is 19.3 Å². The zero-order valence-electron chi connectivity index (χ0n) is 13.7. The third kappa shape index (κ3) is 3.48. The number of benzene rings is 1. The SMILES string of the molecule is Fc1cccc(-c2nnc3n2CN(CCN2CCCCC2)CS3)c1. The Hall–Kier alpha value is -1.44. The monoisotopic (exact) mass is 347 g/mol. The molecule has 2 aliphatic heterocycles. The van der Waals surface area contributed by atoms with Gasteiger partial charge in [-0.3, -0.25) is 9.47 Å². The first-order valence-electron chi connectivity index (χ1n) is 8.56. The standard InChI is InChI=1S/C17H22FN5S/c18-15-6-4-5-14(11-15)16-19-20-17-23(16)12-22(13-24-17)10-9-21-7-2-1-3-8-21/h4-6,11H,1-3,7-10,12-13H2. The van der Waals surface area contributed by atoms with Crippen LogP contribution < -0.4 is 0 Å². The molecule has 1 aromatic carbocycles. The molecule has 0 spiro atoms. The number of fused-ring (bicyclic) bond motifs is 1. The number of hydrogen-bond acceptors (Lipinski definition) is 5. The molecule has 2 aromatic rings. The zero-order valence-corrected chi connectivity index (χ0v) is 14.5. The summed E-state index contributed by atoms with van der Waals surface area (Å²) in [4.78, 5) is 4.97. The Morgan fingerprint density at radius 2 is 1.88 bits per heavy atom. The van der Waals surface area contributed by atoms with Crippen molar-refractivity contribution in [1.29, 1.82) is 0 Å². The van der Waals surface area contributed by atoms with Gasteiger partial charge in [-0.05, 0) is 38.1 Å². The molecule has 3 heterocycles. The molecule has 5 nitrogen and oxygen atoms in total. The second kappa shape index (κ2) is 7.21. The molecular weight excluding hydrogens is 325 g/mol. The quantitative estimate of drug-likeness (QED) is 0.850. The van der Waals surface area contributed by atoms with E-state index in [4.69, 9.17) is 0 Å². The van der Waals surface area contributed by atoms with Crippen molar-refractivity contribution in [1.82, 2.24) is 24.6 Å². The van der Waals surface area contributed by atoms with Gasteiger partial charge in [0.15, 0.2) is 11.0 Å². The number of likely N-dealkylation sites (tertiary alicyclic amines) is 1. The normalized spacial score (nSPS) is 19.4. The molecule has 1 fully saturated rings. The van der Waals surface area contributed by atoms with Crippen LogP contribution in [0.25, 0.3) is 11.4 Å². The van der Waals surface area contributed by atoms with Gasteiger partial charge >= 0.3 is 0 Å². The van der Waals surface area contributed by atoms with E-state index in [1.165, 1.54) is 44.5 Å². The van der Waals surface area contributed by atoms with Crippen molar-refractivity contribution >= 4 is 11.8 Å². The molecule has 7 heteroatoms. The smallest absolute Gasteiger partial charge is 0.193 e. The summed E-state index contributed by atoms with van der Waals surface area (Å²) in [6, 6.07) is 6.58. The summed E-state index contributed by atoms with van der Waals surface area (Å²) in [5.74, 6) is 1.45. The third-order valence-corrected chi connectivity index (χ3v) is 5.75. The van der Waals surface area contributed by atoms with Gasteiger partial charge in [-0.1, -0.05) is 30.3 Å². The van der Waals surface area contributed by atoms with Crippen molar-refractivity contribution in [2.24, 2.45) is 0 Å². The van der Waals surface area contributed by atoms with Gasteiger partial charge < -0.3 is 4.90 Å². The Morgan fingerprint density at radius 1 is 1.04 bits per heavy atom. The molecule has 1 aromatic heterocycles. The van der Waals surface area contributed by atoms with E-state index in [9.17, 15) is 4.39 Å². The lowest BCUT2D eigenvalue weighted by Crippen LogP contribution is -2.39. The van der Waals surface area contributed by atoms with Crippen LogP contribution in [0.5, 0.6) is 0 Å². The number of rotatable bonds is 4. The number of hydrogen-bond donors (Lipinski definition) is 0. The fourth-order valence-electron chi connectivity index (χ4n) is 3.36. The first-order valence-corrected chi connectivity index (χ1v) is 9.55. The number of nitrogens with zero attached hydrogens (tertiary/aromatic N) is 5. The van der Waals surface area contributed by atoms with Gasteiger partial charge in [0, 0.05) is 18.7 Å². The van der Waals surface area contributed by atoms with Crippen molar-refractivity contribution < 1.29 is 4.39 Å². The van der Waals surface area contributed by atoms with Crippen LogP contribution in [0.3, 0.4) is 0 Å². The summed E-state index contributed by atoms with van der Waals surface area (Å²) < 4.78 is 15.6. The summed E-state index contributed by atoms with van der Waals surface area (Å²) in [5, 5.41) is 9.47. The van der Waals surface area contributed by atoms with Crippen molar-refractivity contribution in [3.8, 4) is 11.4 Å². The molecule has 0 atom stereocenters. The topological polar surface area (TPSA) is 37.2 Å². The van der Waals surface area contributed by atoms with Crippen molar-refractivity contribution in [2.75, 3.05) is 32.1 Å². The fourth-order valence-corrected chi connectivity index (χ4v) is 4.26. The van der Waals surface area contributed by atoms with Crippen LogP contribution in [0, 0.1) is 5.82 Å². The van der Waals surface area contributed by atoms with E-state index in [-0.39, 0.29) is 5.82 Å². The predicted octanol–water partition coefficient (Wildman–Crippen LogP) is 2.89. The number of halogens is 1. The number of piperidine rings is 1. The first-order chi connectivity index (χ1) is 11.8. The predicted molar refractivity (Wildman–Crippen MR) is 93.1 cm³/mol. The summed E-state index contributed by atoms with van der Waals surface area (Å²) in [6.07, 6.45) is 4.03. The second-order valence-corrected chi connectivity index (χ2v) is 7.37. The molecule has 0 amide bonds. The van der Waals surface area contributed by atoms with Gasteiger partial charge in [-0.2, -0.15) is 0 Å². The van der Waals surface area contributed by atoms with Crippen LogP contribution in [0.4, 0.5) is 4.39 Å². The van der Waals surface area contributed by atoms with E-state index in [2.05, 4.69) is 24.6 Å². The Balaban J connectivity index is 1.45. The molecule has 1 saturated heterocycles. The molecule has 24 heavy (non-hydrogen) atoms. The van der Waals surface area contributed by atoms with Crippen LogP contribution in [0.15, 0.2) is 29.4 Å². The van der Waals surface area contributed by atoms with E-state index < -0.39 is 0 Å². The average molecular weight is 347 g/mol. The molecule has 0 bridgehead atoms. The molecule has 0 unspecified atom stereocenters. The lowest BCUT2D eigenvalue weighted by molar-refractivity contribution is 0.169. The second-order valence-electron chi connectivity index (χ2n) is 6.46. The maximum atomic E-state index is 13.5. The summed E-state index contributed by atoms with van der Waals surface area (Å²) in [7, 11) is 0. The molecule has 2 aliphatic rings.